The zero-order chi connectivity index (χ0) is 14.8. The van der Waals surface area contributed by atoms with Gasteiger partial charge in [0.05, 0.1) is 0 Å². The molecule has 3 aromatic rings. The smallest absolute Gasteiger partial charge is 0.180 e. The molecule has 0 atom stereocenters. The Balaban J connectivity index is 1.64. The monoisotopic (exact) mass is 289 g/mol. The molecule has 1 aliphatic heterocycles. The first kappa shape index (κ1) is 12.8. The largest absolute Gasteiger partial charge is 0.369 e. The van der Waals surface area contributed by atoms with Crippen LogP contribution in [0, 0.1) is 0 Å². The molecule has 4 rings (SSSR count). The predicted molar refractivity (Wildman–Crippen MR) is 85.7 cm³/mol. The zero-order valence-corrected chi connectivity index (χ0v) is 12.0. The maximum atomic E-state index is 3.97. The van der Waals surface area contributed by atoms with Crippen molar-refractivity contribution >= 4 is 16.3 Å². The molecular formula is C17H15N5. The number of hydrogen-bond donors (Lipinski definition) is 1. The molecule has 0 aliphatic carbocycles. The topological polar surface area (TPSA) is 57.7 Å². The van der Waals surface area contributed by atoms with Crippen LogP contribution in [0.3, 0.4) is 0 Å². The lowest BCUT2D eigenvalue weighted by Gasteiger charge is -2.23. The van der Waals surface area contributed by atoms with Crippen molar-refractivity contribution in [1.29, 1.82) is 0 Å². The molecule has 2 aromatic carbocycles. The highest BCUT2D eigenvalue weighted by molar-refractivity contribution is 5.85. The molecule has 0 bridgehead atoms. The minimum absolute atomic E-state index is 0.693. The van der Waals surface area contributed by atoms with Gasteiger partial charge in [-0.05, 0) is 26.8 Å². The maximum Gasteiger partial charge on any atom is 0.180 e. The van der Waals surface area contributed by atoms with Crippen molar-refractivity contribution < 1.29 is 0 Å². The molecular weight excluding hydrogens is 274 g/mol. The van der Waals surface area contributed by atoms with Crippen molar-refractivity contribution in [2.75, 3.05) is 6.54 Å². The molecule has 1 N–H and O–H groups in total. The third-order valence-electron chi connectivity index (χ3n) is 3.83. The van der Waals surface area contributed by atoms with E-state index in [9.17, 15) is 0 Å². The van der Waals surface area contributed by atoms with Crippen LogP contribution in [0.2, 0.25) is 0 Å². The SMILES string of the molecule is C1=CC(c2nnn[nH]2)=CN(Cc2cccc3ccccc23)C1. The van der Waals surface area contributed by atoms with Gasteiger partial charge in [0.1, 0.15) is 0 Å². The van der Waals surface area contributed by atoms with Crippen LogP contribution in [-0.2, 0) is 6.54 Å². The van der Waals surface area contributed by atoms with Crippen LogP contribution < -0.4 is 0 Å². The number of aromatic amines is 1. The van der Waals surface area contributed by atoms with E-state index in [0.29, 0.717) is 5.82 Å². The van der Waals surface area contributed by atoms with Crippen molar-refractivity contribution in [3.05, 3.63) is 72.2 Å². The molecule has 108 valence electrons. The van der Waals surface area contributed by atoms with E-state index in [1.165, 1.54) is 16.3 Å². The van der Waals surface area contributed by atoms with Gasteiger partial charge in [0.2, 0.25) is 0 Å². The summed E-state index contributed by atoms with van der Waals surface area (Å²) in [6.45, 7) is 1.74. The predicted octanol–water partition coefficient (Wildman–Crippen LogP) is 2.77. The lowest BCUT2D eigenvalue weighted by Crippen LogP contribution is -2.19. The maximum absolute atomic E-state index is 3.97. The van der Waals surface area contributed by atoms with E-state index in [2.05, 4.69) is 80.3 Å². The quantitative estimate of drug-likeness (QED) is 0.805. The number of nitrogens with zero attached hydrogens (tertiary/aromatic N) is 4. The number of aromatic nitrogens is 4. The first-order chi connectivity index (χ1) is 10.9. The summed E-state index contributed by atoms with van der Waals surface area (Å²) in [5, 5.41) is 16.6. The normalized spacial score (nSPS) is 14.4. The van der Waals surface area contributed by atoms with Gasteiger partial charge in [0, 0.05) is 24.9 Å². The van der Waals surface area contributed by atoms with Gasteiger partial charge >= 0.3 is 0 Å². The summed E-state index contributed by atoms with van der Waals surface area (Å²) < 4.78 is 0. The lowest BCUT2D eigenvalue weighted by molar-refractivity contribution is 0.409. The summed E-state index contributed by atoms with van der Waals surface area (Å²) in [7, 11) is 0. The molecule has 0 unspecified atom stereocenters. The minimum Gasteiger partial charge on any atom is -0.369 e. The molecule has 0 fully saturated rings. The Hall–Kier alpha value is -2.95. The van der Waals surface area contributed by atoms with Gasteiger partial charge in [-0.1, -0.05) is 54.6 Å². The van der Waals surface area contributed by atoms with E-state index in [-0.39, 0.29) is 0 Å². The standard InChI is InChI=1S/C17H15N5/c1-2-9-16-13(5-1)6-3-7-14(16)11-22-10-4-8-15(12-22)17-18-20-21-19-17/h1-9,12H,10-11H2,(H,18,19,20,21). The Morgan fingerprint density at radius 3 is 2.91 bits per heavy atom. The van der Waals surface area contributed by atoms with Gasteiger partial charge in [-0.15, -0.1) is 5.10 Å². The van der Waals surface area contributed by atoms with Gasteiger partial charge < -0.3 is 4.90 Å². The Bertz CT molecular complexity index is 843. The number of fused-ring (bicyclic) bond motifs is 1. The fourth-order valence-electron chi connectivity index (χ4n) is 2.79. The molecule has 1 aliphatic rings. The third kappa shape index (κ3) is 2.37. The van der Waals surface area contributed by atoms with Crippen LogP contribution in [0.1, 0.15) is 11.4 Å². The number of tetrazole rings is 1. The summed E-state index contributed by atoms with van der Waals surface area (Å²) in [4.78, 5) is 2.26. The van der Waals surface area contributed by atoms with Crippen LogP contribution in [0.5, 0.6) is 0 Å². The summed E-state index contributed by atoms with van der Waals surface area (Å²) >= 11 is 0. The van der Waals surface area contributed by atoms with Crippen molar-refractivity contribution in [3.8, 4) is 0 Å². The van der Waals surface area contributed by atoms with E-state index >= 15 is 0 Å². The molecule has 5 heteroatoms. The molecule has 0 spiro atoms. The fraction of sp³-hybridized carbons (Fsp3) is 0.118. The average molecular weight is 289 g/mol. The highest BCUT2D eigenvalue weighted by Gasteiger charge is 2.11. The van der Waals surface area contributed by atoms with E-state index < -0.39 is 0 Å². The van der Waals surface area contributed by atoms with Crippen molar-refractivity contribution in [3.63, 3.8) is 0 Å². The van der Waals surface area contributed by atoms with Crippen molar-refractivity contribution in [2.45, 2.75) is 6.54 Å². The molecule has 0 amide bonds. The number of rotatable bonds is 3. The van der Waals surface area contributed by atoms with Gasteiger partial charge in [0.25, 0.3) is 0 Å². The first-order valence-electron chi connectivity index (χ1n) is 7.23. The number of H-pyrrole nitrogens is 1. The van der Waals surface area contributed by atoms with E-state index in [1.54, 1.807) is 0 Å². The second-order valence-corrected chi connectivity index (χ2v) is 5.30. The summed E-state index contributed by atoms with van der Waals surface area (Å²) in [5.74, 6) is 0.693. The minimum atomic E-state index is 0.693. The fourth-order valence-corrected chi connectivity index (χ4v) is 2.79. The van der Waals surface area contributed by atoms with Crippen molar-refractivity contribution in [2.24, 2.45) is 0 Å². The first-order valence-corrected chi connectivity index (χ1v) is 7.23. The van der Waals surface area contributed by atoms with E-state index in [4.69, 9.17) is 0 Å². The Morgan fingerprint density at radius 1 is 1.09 bits per heavy atom. The Labute approximate surface area is 128 Å². The van der Waals surface area contributed by atoms with Crippen LogP contribution in [0.4, 0.5) is 0 Å². The molecule has 0 radical (unpaired) electrons. The number of nitrogens with one attached hydrogen (secondary N) is 1. The van der Waals surface area contributed by atoms with Gasteiger partial charge in [-0.3, -0.25) is 0 Å². The number of allylic oxidation sites excluding steroid dienone is 2. The summed E-state index contributed by atoms with van der Waals surface area (Å²) in [6, 6.07) is 14.9. The molecule has 22 heavy (non-hydrogen) atoms. The van der Waals surface area contributed by atoms with Crippen LogP contribution in [-0.4, -0.2) is 32.1 Å². The number of benzene rings is 2. The number of hydrogen-bond acceptors (Lipinski definition) is 4. The second-order valence-electron chi connectivity index (χ2n) is 5.30. The second kappa shape index (κ2) is 5.44. The Morgan fingerprint density at radius 2 is 2.00 bits per heavy atom. The van der Waals surface area contributed by atoms with Gasteiger partial charge in [-0.25, -0.2) is 5.10 Å². The highest BCUT2D eigenvalue weighted by Crippen LogP contribution is 2.22. The van der Waals surface area contributed by atoms with E-state index in [1.807, 2.05) is 6.08 Å². The highest BCUT2D eigenvalue weighted by atomic mass is 15.5. The van der Waals surface area contributed by atoms with E-state index in [0.717, 1.165) is 18.7 Å². The van der Waals surface area contributed by atoms with Crippen LogP contribution in [0.25, 0.3) is 16.3 Å². The van der Waals surface area contributed by atoms with Gasteiger partial charge in [0.15, 0.2) is 5.82 Å². The molecule has 2 heterocycles. The molecule has 5 nitrogen and oxygen atoms in total. The van der Waals surface area contributed by atoms with Crippen LogP contribution >= 0.6 is 0 Å². The lowest BCUT2D eigenvalue weighted by atomic mass is 10.0. The van der Waals surface area contributed by atoms with Gasteiger partial charge in [-0.2, -0.15) is 0 Å². The van der Waals surface area contributed by atoms with Crippen molar-refractivity contribution in [1.82, 2.24) is 25.5 Å². The average Bonchev–Trinajstić information content (AvgIpc) is 3.10. The zero-order valence-electron chi connectivity index (χ0n) is 12.0. The third-order valence-corrected chi connectivity index (χ3v) is 3.83. The summed E-state index contributed by atoms with van der Waals surface area (Å²) in [6.07, 6.45) is 6.27. The molecule has 0 saturated carbocycles. The summed E-state index contributed by atoms with van der Waals surface area (Å²) in [5.41, 5.74) is 2.32. The molecule has 1 aromatic heterocycles. The van der Waals surface area contributed by atoms with Crippen LogP contribution in [0.15, 0.2) is 60.8 Å². The Kier molecular flexibility index (Phi) is 3.16. The molecule has 0 saturated heterocycles.